The van der Waals surface area contributed by atoms with E-state index < -0.39 is 11.7 Å². The van der Waals surface area contributed by atoms with Gasteiger partial charge in [0.05, 0.1) is 12.9 Å². The summed E-state index contributed by atoms with van der Waals surface area (Å²) >= 11 is 1.14. The van der Waals surface area contributed by atoms with Crippen molar-refractivity contribution in [3.05, 3.63) is 48.0 Å². The molecule has 0 saturated heterocycles. The number of hydrogen-bond acceptors (Lipinski definition) is 9. The fourth-order valence-corrected chi connectivity index (χ4v) is 3.42. The van der Waals surface area contributed by atoms with Crippen LogP contribution in [-0.4, -0.2) is 57.1 Å². The van der Waals surface area contributed by atoms with Crippen LogP contribution in [0.2, 0.25) is 0 Å². The first kappa shape index (κ1) is 26.7. The summed E-state index contributed by atoms with van der Waals surface area (Å²) in [5.74, 6) is 5.89. The van der Waals surface area contributed by atoms with Crippen molar-refractivity contribution in [1.29, 1.82) is 0 Å². The summed E-state index contributed by atoms with van der Waals surface area (Å²) < 4.78 is 18.3. The first-order valence-corrected chi connectivity index (χ1v) is 11.9. The number of carbonyl (C=O) groups is 2. The van der Waals surface area contributed by atoms with Crippen molar-refractivity contribution in [1.82, 2.24) is 25.1 Å². The third-order valence-corrected chi connectivity index (χ3v) is 5.00. The summed E-state index contributed by atoms with van der Waals surface area (Å²) in [5, 5.41) is 13.7. The molecule has 3 aromatic rings. The van der Waals surface area contributed by atoms with Crippen molar-refractivity contribution in [3.63, 3.8) is 0 Å². The lowest BCUT2D eigenvalue weighted by Crippen LogP contribution is -2.34. The number of aromatic nitrogens is 4. The molecule has 190 valence electrons. The fraction of sp³-hybridized carbons (Fsp3) is 0.375. The van der Waals surface area contributed by atoms with Gasteiger partial charge < -0.3 is 29.4 Å². The van der Waals surface area contributed by atoms with E-state index >= 15 is 0 Å². The molecule has 2 amide bonds. The van der Waals surface area contributed by atoms with Crippen LogP contribution >= 0.6 is 11.3 Å². The van der Waals surface area contributed by atoms with Gasteiger partial charge in [0.15, 0.2) is 0 Å². The smallest absolute Gasteiger partial charge is 0.407 e. The second-order valence-electron chi connectivity index (χ2n) is 8.44. The number of nitrogens with zero attached hydrogens (tertiary/aromatic N) is 4. The molecule has 0 atom stereocenters. The fourth-order valence-electron chi connectivity index (χ4n) is 2.78. The van der Waals surface area contributed by atoms with E-state index in [0.717, 1.165) is 28.2 Å². The van der Waals surface area contributed by atoms with E-state index in [0.29, 0.717) is 23.5 Å². The van der Waals surface area contributed by atoms with Crippen LogP contribution < -0.4 is 15.4 Å². The standard InChI is InChI=1S/C24H28N6O5S/c1-17(31)27-21-28-29-23(36-21)34-15-19-7-8-20(30-11-9-25-16-30)14-18(19)6-5-12-33-13-10-26-22(32)35-24(2,3)4/h7-9,11,14,16H,10,12-13,15H2,1-4H3,(H,26,32)(H,27,28,31). The van der Waals surface area contributed by atoms with Gasteiger partial charge in [0.25, 0.3) is 5.19 Å². The summed E-state index contributed by atoms with van der Waals surface area (Å²) in [7, 11) is 0. The molecule has 2 aromatic heterocycles. The Hall–Kier alpha value is -3.95. The highest BCUT2D eigenvalue weighted by Gasteiger charge is 2.15. The third-order valence-electron chi connectivity index (χ3n) is 4.25. The van der Waals surface area contributed by atoms with Crippen LogP contribution in [0.5, 0.6) is 5.19 Å². The molecular weight excluding hydrogens is 484 g/mol. The molecule has 3 rings (SSSR count). The van der Waals surface area contributed by atoms with Gasteiger partial charge in [0, 0.05) is 42.7 Å². The molecule has 0 aliphatic rings. The number of amides is 2. The van der Waals surface area contributed by atoms with Crippen molar-refractivity contribution in [2.75, 3.05) is 25.1 Å². The molecule has 2 heterocycles. The van der Waals surface area contributed by atoms with Crippen molar-refractivity contribution in [3.8, 4) is 22.7 Å². The molecule has 0 spiro atoms. The minimum absolute atomic E-state index is 0.183. The Labute approximate surface area is 213 Å². The van der Waals surface area contributed by atoms with Gasteiger partial charge >= 0.3 is 6.09 Å². The summed E-state index contributed by atoms with van der Waals surface area (Å²) in [5.41, 5.74) is 1.94. The van der Waals surface area contributed by atoms with E-state index in [1.807, 2.05) is 29.0 Å². The van der Waals surface area contributed by atoms with Crippen LogP contribution in [0.25, 0.3) is 5.69 Å². The largest absolute Gasteiger partial charge is 0.464 e. The molecule has 0 unspecified atom stereocenters. The first-order valence-electron chi connectivity index (χ1n) is 11.1. The molecule has 0 aliphatic heterocycles. The van der Waals surface area contributed by atoms with Gasteiger partial charge in [-0.25, -0.2) is 9.78 Å². The van der Waals surface area contributed by atoms with Gasteiger partial charge in [-0.15, -0.1) is 5.10 Å². The molecule has 11 nitrogen and oxygen atoms in total. The monoisotopic (exact) mass is 512 g/mol. The van der Waals surface area contributed by atoms with Gasteiger partial charge in [-0.05, 0) is 44.2 Å². The van der Waals surface area contributed by atoms with E-state index in [2.05, 4.69) is 37.7 Å². The predicted octanol–water partition coefficient (Wildman–Crippen LogP) is 3.15. The number of alkyl carbamates (subject to hydrolysis) is 1. The van der Waals surface area contributed by atoms with Crippen LogP contribution in [0.3, 0.4) is 0 Å². The summed E-state index contributed by atoms with van der Waals surface area (Å²) in [6.45, 7) is 7.81. The van der Waals surface area contributed by atoms with Crippen molar-refractivity contribution < 1.29 is 23.8 Å². The Balaban J connectivity index is 1.59. The lowest BCUT2D eigenvalue weighted by molar-refractivity contribution is -0.114. The zero-order valence-electron chi connectivity index (χ0n) is 20.5. The van der Waals surface area contributed by atoms with E-state index in [9.17, 15) is 9.59 Å². The highest BCUT2D eigenvalue weighted by atomic mass is 32.1. The van der Waals surface area contributed by atoms with E-state index in [-0.39, 0.29) is 19.1 Å². The summed E-state index contributed by atoms with van der Waals surface area (Å²) in [6.07, 6.45) is 4.75. The first-order chi connectivity index (χ1) is 17.2. The summed E-state index contributed by atoms with van der Waals surface area (Å²) in [4.78, 5) is 26.9. The maximum atomic E-state index is 11.7. The lowest BCUT2D eigenvalue weighted by Gasteiger charge is -2.19. The summed E-state index contributed by atoms with van der Waals surface area (Å²) in [6, 6.07) is 5.79. The maximum Gasteiger partial charge on any atom is 0.407 e. The highest BCUT2D eigenvalue weighted by Crippen LogP contribution is 2.24. The number of ether oxygens (including phenoxy) is 3. The Morgan fingerprint density at radius 1 is 1.22 bits per heavy atom. The zero-order chi connectivity index (χ0) is 26.0. The number of imidazole rings is 1. The zero-order valence-corrected chi connectivity index (χ0v) is 21.3. The van der Waals surface area contributed by atoms with Crippen molar-refractivity contribution in [2.45, 2.75) is 39.9 Å². The molecule has 1 aromatic carbocycles. The average molecular weight is 513 g/mol. The topological polar surface area (TPSA) is 129 Å². The Bertz CT molecular complexity index is 1220. The van der Waals surface area contributed by atoms with Crippen LogP contribution in [0.15, 0.2) is 36.9 Å². The molecular formula is C24H28N6O5S. The number of rotatable bonds is 9. The second-order valence-corrected chi connectivity index (χ2v) is 9.38. The minimum Gasteiger partial charge on any atom is -0.464 e. The van der Waals surface area contributed by atoms with Gasteiger partial charge in [-0.2, -0.15) is 0 Å². The number of carbonyl (C=O) groups excluding carboxylic acids is 2. The normalized spacial score (nSPS) is 10.8. The molecule has 2 N–H and O–H groups in total. The predicted molar refractivity (Wildman–Crippen MR) is 134 cm³/mol. The molecule has 0 saturated carbocycles. The minimum atomic E-state index is -0.549. The molecule has 12 heteroatoms. The van der Waals surface area contributed by atoms with E-state index in [4.69, 9.17) is 14.2 Å². The van der Waals surface area contributed by atoms with Crippen LogP contribution in [0, 0.1) is 11.8 Å². The Morgan fingerprint density at radius 2 is 2.06 bits per heavy atom. The van der Waals surface area contributed by atoms with Gasteiger partial charge in [-0.1, -0.05) is 23.0 Å². The highest BCUT2D eigenvalue weighted by molar-refractivity contribution is 7.17. The Kier molecular flexibility index (Phi) is 9.38. The third kappa shape index (κ3) is 9.01. The Morgan fingerprint density at radius 3 is 2.78 bits per heavy atom. The average Bonchev–Trinajstić information content (AvgIpc) is 3.48. The molecule has 0 aliphatic carbocycles. The number of hydrogen-bond donors (Lipinski definition) is 2. The van der Waals surface area contributed by atoms with Crippen LogP contribution in [0.4, 0.5) is 9.93 Å². The maximum absolute atomic E-state index is 11.7. The van der Waals surface area contributed by atoms with E-state index in [1.54, 1.807) is 33.3 Å². The van der Waals surface area contributed by atoms with Gasteiger partial charge in [-0.3, -0.25) is 4.79 Å². The van der Waals surface area contributed by atoms with E-state index in [1.165, 1.54) is 6.92 Å². The van der Waals surface area contributed by atoms with Gasteiger partial charge in [0.2, 0.25) is 11.0 Å². The number of anilines is 1. The second kappa shape index (κ2) is 12.7. The number of benzene rings is 1. The van der Waals surface area contributed by atoms with Crippen LogP contribution in [0.1, 0.15) is 38.8 Å². The molecule has 0 radical (unpaired) electrons. The van der Waals surface area contributed by atoms with Crippen molar-refractivity contribution in [2.24, 2.45) is 0 Å². The number of nitrogens with one attached hydrogen (secondary N) is 2. The molecule has 0 fully saturated rings. The SMILES string of the molecule is CC(=O)Nc1nnc(OCc2ccc(-n3ccnc3)cc2C#CCOCCNC(=O)OC(C)(C)C)s1. The molecule has 36 heavy (non-hydrogen) atoms. The van der Waals surface area contributed by atoms with Gasteiger partial charge in [0.1, 0.15) is 18.8 Å². The quantitative estimate of drug-likeness (QED) is 0.330. The molecule has 0 bridgehead atoms. The lowest BCUT2D eigenvalue weighted by atomic mass is 10.1. The van der Waals surface area contributed by atoms with Crippen LogP contribution in [-0.2, 0) is 20.9 Å². The van der Waals surface area contributed by atoms with Crippen molar-refractivity contribution >= 4 is 28.5 Å².